The van der Waals surface area contributed by atoms with Crippen LogP contribution < -0.4 is 15.2 Å². The smallest absolute Gasteiger partial charge is 0.406 e. The molecule has 3 atom stereocenters. The number of hydrogen-bond donors (Lipinski definition) is 0. The molecule has 3 heterocycles. The maximum absolute atomic E-state index is 12.8. The van der Waals surface area contributed by atoms with Crippen LogP contribution in [0.2, 0.25) is 0 Å². The summed E-state index contributed by atoms with van der Waals surface area (Å²) in [5.74, 6) is 0.0369. The minimum absolute atomic E-state index is 0.0155. The fourth-order valence-corrected chi connectivity index (χ4v) is 5.28. The lowest BCUT2D eigenvalue weighted by Crippen LogP contribution is -2.58. The summed E-state index contributed by atoms with van der Waals surface area (Å²) >= 11 is 0. The number of fused-ring (bicyclic) bond motifs is 1. The molecule has 1 saturated heterocycles. The van der Waals surface area contributed by atoms with Crippen LogP contribution in [0.1, 0.15) is 45.2 Å². The first-order chi connectivity index (χ1) is 17.6. The van der Waals surface area contributed by atoms with Gasteiger partial charge in [0.15, 0.2) is 0 Å². The molecular weight excluding hydrogens is 483 g/mol. The molecule has 10 heteroatoms. The normalized spacial score (nSPS) is 19.6. The molecule has 1 aliphatic rings. The molecule has 1 fully saturated rings. The molecule has 1 aliphatic heterocycles. The van der Waals surface area contributed by atoms with Gasteiger partial charge in [-0.2, -0.15) is 0 Å². The first kappa shape index (κ1) is 26.5. The molecule has 2 aromatic heterocycles. The van der Waals surface area contributed by atoms with E-state index < -0.39 is 6.36 Å². The second-order valence-corrected chi connectivity index (χ2v) is 9.38. The predicted molar refractivity (Wildman–Crippen MR) is 137 cm³/mol. The van der Waals surface area contributed by atoms with Crippen LogP contribution in [0.4, 0.5) is 24.7 Å². The van der Waals surface area contributed by atoms with E-state index in [1.54, 1.807) is 37.4 Å². The van der Waals surface area contributed by atoms with E-state index in [0.29, 0.717) is 24.1 Å². The van der Waals surface area contributed by atoms with Crippen molar-refractivity contribution in [3.63, 3.8) is 0 Å². The van der Waals surface area contributed by atoms with Crippen molar-refractivity contribution < 1.29 is 17.9 Å². The van der Waals surface area contributed by atoms with Crippen molar-refractivity contribution in [2.45, 2.75) is 58.1 Å². The van der Waals surface area contributed by atoms with Gasteiger partial charge in [0.25, 0.3) is 11.4 Å². The minimum atomic E-state index is -4.72. The van der Waals surface area contributed by atoms with Crippen molar-refractivity contribution in [2.24, 2.45) is 7.05 Å². The number of aromatic nitrogens is 2. The van der Waals surface area contributed by atoms with Crippen LogP contribution in [0.3, 0.4) is 0 Å². The van der Waals surface area contributed by atoms with Crippen LogP contribution in [-0.2, 0) is 7.05 Å². The number of anilines is 1. The van der Waals surface area contributed by atoms with Gasteiger partial charge in [0, 0.05) is 44.3 Å². The van der Waals surface area contributed by atoms with Crippen molar-refractivity contribution in [1.29, 1.82) is 0 Å². The molecule has 0 bridgehead atoms. The highest BCUT2D eigenvalue weighted by molar-refractivity contribution is 5.89. The number of benzene rings is 1. The molecule has 196 valence electrons. The Kier molecular flexibility index (Phi) is 7.46. The molecule has 37 heavy (non-hydrogen) atoms. The van der Waals surface area contributed by atoms with E-state index in [4.69, 9.17) is 6.57 Å². The lowest BCUT2D eigenvalue weighted by atomic mass is 9.95. The summed E-state index contributed by atoms with van der Waals surface area (Å²) in [6, 6.07) is 11.3. The van der Waals surface area contributed by atoms with E-state index >= 15 is 0 Å². The maximum Gasteiger partial charge on any atom is 0.573 e. The largest absolute Gasteiger partial charge is 0.573 e. The van der Waals surface area contributed by atoms with Gasteiger partial charge in [0.2, 0.25) is 5.52 Å². The number of nitrogens with zero attached hydrogens (tertiary/aromatic N) is 5. The molecule has 1 unspecified atom stereocenters. The highest BCUT2D eigenvalue weighted by Crippen LogP contribution is 2.36. The third kappa shape index (κ3) is 5.42. The van der Waals surface area contributed by atoms with E-state index in [0.717, 1.165) is 24.1 Å². The summed E-state index contributed by atoms with van der Waals surface area (Å²) in [5, 5.41) is 0. The number of ether oxygens (including phenoxy) is 1. The third-order valence-electron chi connectivity index (χ3n) is 7.12. The fraction of sp³-hybridized carbons (Fsp3) is 0.444. The summed E-state index contributed by atoms with van der Waals surface area (Å²) in [4.78, 5) is 25.4. The molecule has 0 radical (unpaired) electrons. The van der Waals surface area contributed by atoms with Gasteiger partial charge in [-0.15, -0.1) is 18.2 Å². The van der Waals surface area contributed by atoms with Gasteiger partial charge in [-0.3, -0.25) is 9.69 Å². The van der Waals surface area contributed by atoms with Gasteiger partial charge in [-0.25, -0.2) is 0 Å². The molecule has 0 aliphatic carbocycles. The number of piperazine rings is 1. The summed E-state index contributed by atoms with van der Waals surface area (Å²) in [6.07, 6.45) is -3.09. The number of rotatable bonds is 6. The summed E-state index contributed by atoms with van der Waals surface area (Å²) < 4.78 is 43.3. The first-order valence-electron chi connectivity index (χ1n) is 12.3. The zero-order valence-corrected chi connectivity index (χ0v) is 21.3. The van der Waals surface area contributed by atoms with Gasteiger partial charge in [0.05, 0.1) is 11.2 Å². The Bertz CT molecular complexity index is 1360. The molecule has 1 aromatic carbocycles. The van der Waals surface area contributed by atoms with Gasteiger partial charge in [-0.05, 0) is 49.6 Å². The van der Waals surface area contributed by atoms with Crippen LogP contribution in [0, 0.1) is 6.57 Å². The van der Waals surface area contributed by atoms with E-state index in [1.165, 1.54) is 16.7 Å². The minimum Gasteiger partial charge on any atom is -0.406 e. The van der Waals surface area contributed by atoms with E-state index in [9.17, 15) is 18.0 Å². The average molecular weight is 514 g/mol. The van der Waals surface area contributed by atoms with Gasteiger partial charge < -0.3 is 19.0 Å². The predicted octanol–water partition coefficient (Wildman–Crippen LogP) is 5.82. The number of alkyl halides is 3. The van der Waals surface area contributed by atoms with Crippen LogP contribution >= 0.6 is 0 Å². The Morgan fingerprint density at radius 2 is 1.86 bits per heavy atom. The molecule has 0 amide bonds. The lowest BCUT2D eigenvalue weighted by Gasteiger charge is -2.49. The Labute approximate surface area is 213 Å². The quantitative estimate of drug-likeness (QED) is 0.389. The second kappa shape index (κ2) is 10.4. The van der Waals surface area contributed by atoms with Crippen molar-refractivity contribution in [3.05, 3.63) is 69.8 Å². The van der Waals surface area contributed by atoms with Crippen LogP contribution in [0.5, 0.6) is 5.75 Å². The lowest BCUT2D eigenvalue weighted by molar-refractivity contribution is -0.274. The topological polar surface area (TPSA) is 55.0 Å². The monoisotopic (exact) mass is 513 g/mol. The zero-order valence-electron chi connectivity index (χ0n) is 21.3. The summed E-state index contributed by atoms with van der Waals surface area (Å²) in [6.45, 7) is 15.0. The Morgan fingerprint density at radius 1 is 1.16 bits per heavy atom. The maximum atomic E-state index is 12.8. The molecule has 0 spiro atoms. The second-order valence-electron chi connectivity index (χ2n) is 9.38. The molecular formula is C27H30F3N5O2. The SMILES string of the molecule is [C-]#[N+]c1ccc2c(n1)c(N1C[C@@H](CC)N(C(CC)c3ccc(OC(F)(F)F)cc3)C[C@@H]1C)cc(=O)n2C. The number of halogens is 3. The zero-order chi connectivity index (χ0) is 26.9. The van der Waals surface area contributed by atoms with Crippen molar-refractivity contribution >= 4 is 22.5 Å². The number of hydrogen-bond acceptors (Lipinski definition) is 5. The first-order valence-corrected chi connectivity index (χ1v) is 12.3. The Hall–Kier alpha value is -3.58. The van der Waals surface area contributed by atoms with Crippen LogP contribution in [-0.4, -0.2) is 46.0 Å². The highest BCUT2D eigenvalue weighted by atomic mass is 19.4. The van der Waals surface area contributed by atoms with Gasteiger partial charge in [0.1, 0.15) is 5.75 Å². The standard InChI is InChI=1S/C27H30F3N5O2/c1-6-19-16-34(23-14-25(36)33(5)22-12-13-24(31-4)32-26(22)23)17(3)15-35(19)21(7-2)18-8-10-20(11-9-18)37-27(28,29)30/h8-14,17,19,21H,6-7,15-16H2,1-3,5H3/t17-,19+,21?/m0/s1. The summed E-state index contributed by atoms with van der Waals surface area (Å²) in [5.41, 5.74) is 2.80. The van der Waals surface area contributed by atoms with Crippen molar-refractivity contribution in [1.82, 2.24) is 14.5 Å². The third-order valence-corrected chi connectivity index (χ3v) is 7.12. The molecule has 0 saturated carbocycles. The molecule has 7 nitrogen and oxygen atoms in total. The number of aryl methyl sites for hydroxylation is 1. The van der Waals surface area contributed by atoms with Crippen LogP contribution in [0.15, 0.2) is 47.3 Å². The Morgan fingerprint density at radius 3 is 2.46 bits per heavy atom. The van der Waals surface area contributed by atoms with Crippen molar-refractivity contribution in [3.8, 4) is 5.75 Å². The van der Waals surface area contributed by atoms with Gasteiger partial charge >= 0.3 is 6.36 Å². The molecule has 4 rings (SSSR count). The van der Waals surface area contributed by atoms with E-state index in [2.05, 4.69) is 45.1 Å². The highest BCUT2D eigenvalue weighted by Gasteiger charge is 2.36. The summed E-state index contributed by atoms with van der Waals surface area (Å²) in [7, 11) is 1.70. The Balaban J connectivity index is 1.66. The van der Waals surface area contributed by atoms with E-state index in [1.807, 2.05) is 0 Å². The molecule has 0 N–H and O–H groups in total. The van der Waals surface area contributed by atoms with Crippen molar-refractivity contribution in [2.75, 3.05) is 18.0 Å². The van der Waals surface area contributed by atoms with Crippen LogP contribution in [0.25, 0.3) is 15.9 Å². The number of pyridine rings is 2. The fourth-order valence-electron chi connectivity index (χ4n) is 5.28. The van der Waals surface area contributed by atoms with Gasteiger partial charge in [-0.1, -0.05) is 32.6 Å². The molecule has 3 aromatic rings. The van der Waals surface area contributed by atoms with E-state index in [-0.39, 0.29) is 35.3 Å². The average Bonchev–Trinajstić information content (AvgIpc) is 2.86.